The lowest BCUT2D eigenvalue weighted by atomic mass is 10.1. The summed E-state index contributed by atoms with van der Waals surface area (Å²) in [7, 11) is 0. The van der Waals surface area contributed by atoms with Gasteiger partial charge in [-0.2, -0.15) is 5.26 Å². The van der Waals surface area contributed by atoms with Crippen molar-refractivity contribution in [1.29, 1.82) is 5.26 Å². The van der Waals surface area contributed by atoms with E-state index in [0.717, 1.165) is 4.90 Å². The number of carbonyl (C=O) groups is 2. The van der Waals surface area contributed by atoms with Crippen molar-refractivity contribution in [3.05, 3.63) is 0 Å². The highest BCUT2D eigenvalue weighted by atomic mass is 16.6. The maximum Gasteiger partial charge on any atom is 0.411 e. The summed E-state index contributed by atoms with van der Waals surface area (Å²) in [5, 5.41) is 17.8. The minimum atomic E-state index is -1.10. The molecule has 1 unspecified atom stereocenters. The van der Waals surface area contributed by atoms with Crippen LogP contribution in [0, 0.1) is 17.2 Å². The smallest absolute Gasteiger partial charge is 0.411 e. The predicted octanol–water partition coefficient (Wildman–Crippen LogP) is 1.22. The van der Waals surface area contributed by atoms with E-state index in [1.54, 1.807) is 20.8 Å². The van der Waals surface area contributed by atoms with E-state index in [4.69, 9.17) is 15.1 Å². The summed E-state index contributed by atoms with van der Waals surface area (Å²) in [6.45, 7) is 5.23. The lowest BCUT2D eigenvalue weighted by Crippen LogP contribution is -2.43. The minimum Gasteiger partial charge on any atom is -0.480 e. The van der Waals surface area contributed by atoms with Crippen molar-refractivity contribution in [2.75, 3.05) is 6.54 Å². The molecule has 1 saturated heterocycles. The van der Waals surface area contributed by atoms with Crippen molar-refractivity contribution >= 4 is 12.1 Å². The number of nitrogens with zero attached hydrogens (tertiary/aromatic N) is 2. The molecular formula is C11H16N2O4. The molecule has 0 saturated carbocycles. The summed E-state index contributed by atoms with van der Waals surface area (Å²) in [5.74, 6) is -1.54. The first kappa shape index (κ1) is 13.3. The summed E-state index contributed by atoms with van der Waals surface area (Å²) >= 11 is 0. The molecule has 0 aromatic heterocycles. The van der Waals surface area contributed by atoms with Gasteiger partial charge >= 0.3 is 12.1 Å². The van der Waals surface area contributed by atoms with Gasteiger partial charge in [-0.15, -0.1) is 0 Å². The monoisotopic (exact) mass is 240 g/mol. The minimum absolute atomic E-state index is 0.113. The Labute approximate surface area is 99.8 Å². The molecule has 1 aliphatic rings. The Morgan fingerprint density at radius 2 is 2.06 bits per heavy atom. The predicted molar refractivity (Wildman–Crippen MR) is 58.1 cm³/mol. The molecule has 0 spiro atoms. The van der Waals surface area contributed by atoms with E-state index in [1.807, 2.05) is 6.07 Å². The summed E-state index contributed by atoms with van der Waals surface area (Å²) in [4.78, 5) is 23.9. The fraction of sp³-hybridized carbons (Fsp3) is 0.727. The quantitative estimate of drug-likeness (QED) is 0.744. The number of amides is 1. The third-order valence-electron chi connectivity index (χ3n) is 2.40. The first-order valence-corrected chi connectivity index (χ1v) is 5.36. The number of hydrogen-bond donors (Lipinski definition) is 1. The molecule has 0 bridgehead atoms. The van der Waals surface area contributed by atoms with Gasteiger partial charge in [-0.1, -0.05) is 0 Å². The zero-order valence-corrected chi connectivity index (χ0v) is 10.1. The van der Waals surface area contributed by atoms with Crippen LogP contribution in [-0.4, -0.2) is 40.3 Å². The molecule has 0 aliphatic carbocycles. The number of nitriles is 1. The van der Waals surface area contributed by atoms with Gasteiger partial charge in [-0.05, 0) is 27.2 Å². The maximum atomic E-state index is 11.8. The number of likely N-dealkylation sites (tertiary alicyclic amines) is 1. The van der Waals surface area contributed by atoms with E-state index in [9.17, 15) is 9.59 Å². The van der Waals surface area contributed by atoms with Crippen LogP contribution in [0.5, 0.6) is 0 Å². The molecular weight excluding hydrogens is 224 g/mol. The fourth-order valence-electron chi connectivity index (χ4n) is 1.69. The van der Waals surface area contributed by atoms with Crippen molar-refractivity contribution in [3.63, 3.8) is 0 Å². The summed E-state index contributed by atoms with van der Waals surface area (Å²) in [6.07, 6.45) is -0.520. The average molecular weight is 240 g/mol. The third-order valence-corrected chi connectivity index (χ3v) is 2.40. The Balaban J connectivity index is 2.78. The lowest BCUT2D eigenvalue weighted by molar-refractivity contribution is -0.142. The number of ether oxygens (including phenoxy) is 1. The molecule has 94 valence electrons. The summed E-state index contributed by atoms with van der Waals surface area (Å²) < 4.78 is 5.11. The van der Waals surface area contributed by atoms with Crippen molar-refractivity contribution < 1.29 is 19.4 Å². The molecule has 0 aromatic rings. The van der Waals surface area contributed by atoms with E-state index in [1.165, 1.54) is 0 Å². The molecule has 1 aliphatic heterocycles. The Bertz CT molecular complexity index is 367. The van der Waals surface area contributed by atoms with Crippen LogP contribution >= 0.6 is 0 Å². The standard InChI is InChI=1S/C11H16N2O4/c1-11(2,3)17-10(16)13-6-7(5-12)4-8(13)9(14)15/h7-8H,4,6H2,1-3H3,(H,14,15)/t7?,8-/m0/s1. The molecule has 1 heterocycles. The van der Waals surface area contributed by atoms with Crippen LogP contribution in [0.4, 0.5) is 4.79 Å². The van der Waals surface area contributed by atoms with Gasteiger partial charge in [0.15, 0.2) is 0 Å². The first-order valence-electron chi connectivity index (χ1n) is 5.36. The number of hydrogen-bond acceptors (Lipinski definition) is 4. The molecule has 2 atom stereocenters. The molecule has 1 amide bonds. The Hall–Kier alpha value is -1.77. The highest BCUT2D eigenvalue weighted by Crippen LogP contribution is 2.25. The fourth-order valence-corrected chi connectivity index (χ4v) is 1.69. The van der Waals surface area contributed by atoms with E-state index in [0.29, 0.717) is 0 Å². The number of carboxylic acids is 1. The van der Waals surface area contributed by atoms with Gasteiger partial charge in [0.25, 0.3) is 0 Å². The maximum absolute atomic E-state index is 11.8. The molecule has 1 N–H and O–H groups in total. The van der Waals surface area contributed by atoms with Crippen LogP contribution in [0.1, 0.15) is 27.2 Å². The summed E-state index contributed by atoms with van der Waals surface area (Å²) in [5.41, 5.74) is -0.676. The van der Waals surface area contributed by atoms with E-state index < -0.39 is 29.6 Å². The number of aliphatic carboxylic acids is 1. The van der Waals surface area contributed by atoms with Gasteiger partial charge < -0.3 is 9.84 Å². The number of carboxylic acid groups (broad SMARTS) is 1. The normalized spacial score (nSPS) is 24.2. The van der Waals surface area contributed by atoms with Crippen molar-refractivity contribution in [2.24, 2.45) is 5.92 Å². The highest BCUT2D eigenvalue weighted by Gasteiger charge is 2.41. The van der Waals surface area contributed by atoms with Crippen LogP contribution in [0.25, 0.3) is 0 Å². The van der Waals surface area contributed by atoms with Gasteiger partial charge in [0.05, 0.1) is 12.0 Å². The molecule has 17 heavy (non-hydrogen) atoms. The number of rotatable bonds is 1. The molecule has 1 rings (SSSR count). The van der Waals surface area contributed by atoms with Crippen LogP contribution in [-0.2, 0) is 9.53 Å². The molecule has 6 nitrogen and oxygen atoms in total. The Morgan fingerprint density at radius 3 is 2.47 bits per heavy atom. The van der Waals surface area contributed by atoms with Gasteiger partial charge in [0.1, 0.15) is 11.6 Å². The molecule has 0 aromatic carbocycles. The molecule has 6 heteroatoms. The van der Waals surface area contributed by atoms with Crippen molar-refractivity contribution in [3.8, 4) is 6.07 Å². The lowest BCUT2D eigenvalue weighted by Gasteiger charge is -2.26. The Morgan fingerprint density at radius 1 is 1.47 bits per heavy atom. The topological polar surface area (TPSA) is 90.6 Å². The molecule has 1 fully saturated rings. The number of carbonyl (C=O) groups excluding carboxylic acids is 1. The average Bonchev–Trinajstić information content (AvgIpc) is 2.58. The third kappa shape index (κ3) is 3.34. The van der Waals surface area contributed by atoms with Crippen LogP contribution in [0.15, 0.2) is 0 Å². The van der Waals surface area contributed by atoms with Gasteiger partial charge in [0, 0.05) is 6.54 Å². The largest absolute Gasteiger partial charge is 0.480 e. The van der Waals surface area contributed by atoms with Crippen molar-refractivity contribution in [1.82, 2.24) is 4.90 Å². The van der Waals surface area contributed by atoms with Crippen LogP contribution in [0.2, 0.25) is 0 Å². The summed E-state index contributed by atoms with van der Waals surface area (Å²) in [6, 6.07) is 1.02. The zero-order chi connectivity index (χ0) is 13.2. The SMILES string of the molecule is CC(C)(C)OC(=O)N1CC(C#N)C[C@H]1C(=O)O. The highest BCUT2D eigenvalue weighted by molar-refractivity contribution is 5.81. The van der Waals surface area contributed by atoms with E-state index in [-0.39, 0.29) is 13.0 Å². The van der Waals surface area contributed by atoms with Gasteiger partial charge in [-0.3, -0.25) is 4.90 Å². The molecule has 0 radical (unpaired) electrons. The second kappa shape index (κ2) is 4.62. The first-order chi connectivity index (χ1) is 7.74. The van der Waals surface area contributed by atoms with Gasteiger partial charge in [0.2, 0.25) is 0 Å². The van der Waals surface area contributed by atoms with E-state index in [2.05, 4.69) is 0 Å². The van der Waals surface area contributed by atoms with E-state index >= 15 is 0 Å². The second-order valence-corrected chi connectivity index (χ2v) is 5.05. The zero-order valence-electron chi connectivity index (χ0n) is 10.1. The van der Waals surface area contributed by atoms with Crippen molar-refractivity contribution in [2.45, 2.75) is 38.8 Å². The van der Waals surface area contributed by atoms with Crippen LogP contribution in [0.3, 0.4) is 0 Å². The van der Waals surface area contributed by atoms with Gasteiger partial charge in [-0.25, -0.2) is 9.59 Å². The Kier molecular flexibility index (Phi) is 3.61. The van der Waals surface area contributed by atoms with Crippen LogP contribution < -0.4 is 0 Å². The second-order valence-electron chi connectivity index (χ2n) is 5.05.